The first kappa shape index (κ1) is 19.2. The number of hydrogen-bond donors (Lipinski definition) is 1. The molecule has 0 spiro atoms. The number of likely N-dealkylation sites (N-methyl/N-ethyl adjacent to an activating group) is 1. The van der Waals surface area contributed by atoms with Gasteiger partial charge in [-0.25, -0.2) is 0 Å². The van der Waals surface area contributed by atoms with E-state index in [0.717, 1.165) is 37.2 Å². The predicted molar refractivity (Wildman–Crippen MR) is 97.2 cm³/mol. The van der Waals surface area contributed by atoms with Crippen molar-refractivity contribution < 1.29 is 14.3 Å². The Labute approximate surface area is 149 Å². The Bertz CT molecular complexity index is 580. The molecule has 0 radical (unpaired) electrons. The number of carbonyl (C=O) groups is 2. The van der Waals surface area contributed by atoms with Gasteiger partial charge in [-0.3, -0.25) is 14.5 Å². The Kier molecular flexibility index (Phi) is 6.82. The molecule has 2 amide bonds. The van der Waals surface area contributed by atoms with Gasteiger partial charge in [0, 0.05) is 13.0 Å². The van der Waals surface area contributed by atoms with Gasteiger partial charge in [0.1, 0.15) is 5.75 Å². The van der Waals surface area contributed by atoms with Crippen LogP contribution in [0.1, 0.15) is 38.3 Å². The third kappa shape index (κ3) is 5.19. The second-order valence-corrected chi connectivity index (χ2v) is 6.64. The summed E-state index contributed by atoms with van der Waals surface area (Å²) in [6, 6.07) is 7.85. The van der Waals surface area contributed by atoms with E-state index < -0.39 is 0 Å². The topological polar surface area (TPSA) is 75.9 Å². The minimum Gasteiger partial charge on any atom is -0.494 e. The fraction of sp³-hybridized carbons (Fsp3) is 0.579. The van der Waals surface area contributed by atoms with Crippen LogP contribution >= 0.6 is 0 Å². The molecule has 1 aliphatic rings. The standard InChI is InChI=1S/C19H29N3O3/c1-4-25-17-7-5-15(6-8-17)14(2)21(3)18(23)13-22-11-9-16(10-12-22)19(20)24/h5-8,14,16H,4,9-13H2,1-3H3,(H2,20,24). The van der Waals surface area contributed by atoms with Gasteiger partial charge in [0.2, 0.25) is 11.8 Å². The van der Waals surface area contributed by atoms with E-state index in [1.807, 2.05) is 45.2 Å². The van der Waals surface area contributed by atoms with Gasteiger partial charge in [0.15, 0.2) is 0 Å². The summed E-state index contributed by atoms with van der Waals surface area (Å²) in [7, 11) is 1.83. The summed E-state index contributed by atoms with van der Waals surface area (Å²) in [5.74, 6) is 0.641. The number of primary amides is 1. The van der Waals surface area contributed by atoms with Crippen LogP contribution in [0.25, 0.3) is 0 Å². The summed E-state index contributed by atoms with van der Waals surface area (Å²) in [6.07, 6.45) is 1.47. The fourth-order valence-corrected chi connectivity index (χ4v) is 3.13. The van der Waals surface area contributed by atoms with Crippen molar-refractivity contribution in [3.8, 4) is 5.75 Å². The van der Waals surface area contributed by atoms with Crippen molar-refractivity contribution in [3.63, 3.8) is 0 Å². The van der Waals surface area contributed by atoms with Gasteiger partial charge in [-0.15, -0.1) is 0 Å². The van der Waals surface area contributed by atoms with E-state index in [2.05, 4.69) is 4.90 Å². The molecule has 6 nitrogen and oxygen atoms in total. The van der Waals surface area contributed by atoms with Crippen LogP contribution in [-0.4, -0.2) is 54.9 Å². The van der Waals surface area contributed by atoms with Crippen molar-refractivity contribution in [2.24, 2.45) is 11.7 Å². The van der Waals surface area contributed by atoms with Gasteiger partial charge < -0.3 is 15.4 Å². The van der Waals surface area contributed by atoms with E-state index in [-0.39, 0.29) is 23.8 Å². The summed E-state index contributed by atoms with van der Waals surface area (Å²) in [6.45, 7) is 6.47. The first-order valence-corrected chi connectivity index (χ1v) is 8.92. The van der Waals surface area contributed by atoms with Crippen LogP contribution in [0.5, 0.6) is 5.75 Å². The average molecular weight is 347 g/mol. The molecule has 1 fully saturated rings. The smallest absolute Gasteiger partial charge is 0.236 e. The lowest BCUT2D eigenvalue weighted by molar-refractivity contribution is -0.133. The van der Waals surface area contributed by atoms with Gasteiger partial charge in [-0.05, 0) is 57.5 Å². The Balaban J connectivity index is 1.87. The van der Waals surface area contributed by atoms with Crippen LogP contribution < -0.4 is 10.5 Å². The van der Waals surface area contributed by atoms with Gasteiger partial charge in [0.05, 0.1) is 19.2 Å². The Morgan fingerprint density at radius 1 is 1.28 bits per heavy atom. The van der Waals surface area contributed by atoms with Crippen molar-refractivity contribution in [2.45, 2.75) is 32.7 Å². The normalized spacial score (nSPS) is 17.1. The quantitative estimate of drug-likeness (QED) is 0.816. The number of amides is 2. The van der Waals surface area contributed by atoms with Crippen LogP contribution in [0.3, 0.4) is 0 Å². The minimum atomic E-state index is -0.229. The van der Waals surface area contributed by atoms with Crippen LogP contribution in [-0.2, 0) is 9.59 Å². The average Bonchev–Trinajstić information content (AvgIpc) is 2.61. The molecule has 0 bridgehead atoms. The van der Waals surface area contributed by atoms with E-state index in [0.29, 0.717) is 13.2 Å². The first-order chi connectivity index (χ1) is 11.9. The van der Waals surface area contributed by atoms with Crippen LogP contribution in [0.4, 0.5) is 0 Å². The van der Waals surface area contributed by atoms with Crippen molar-refractivity contribution in [3.05, 3.63) is 29.8 Å². The molecular formula is C19H29N3O3. The zero-order chi connectivity index (χ0) is 18.4. The van der Waals surface area contributed by atoms with Gasteiger partial charge in [-0.1, -0.05) is 12.1 Å². The number of rotatable bonds is 7. The van der Waals surface area contributed by atoms with Crippen molar-refractivity contribution >= 4 is 11.8 Å². The summed E-state index contributed by atoms with van der Waals surface area (Å²) in [5.41, 5.74) is 6.43. The molecule has 0 saturated carbocycles. The van der Waals surface area contributed by atoms with Crippen molar-refractivity contribution in [1.29, 1.82) is 0 Å². The molecule has 1 aromatic rings. The molecule has 2 rings (SSSR count). The maximum atomic E-state index is 12.6. The summed E-state index contributed by atoms with van der Waals surface area (Å²) < 4.78 is 5.45. The molecule has 2 N–H and O–H groups in total. The molecule has 1 aliphatic heterocycles. The highest BCUT2D eigenvalue weighted by atomic mass is 16.5. The van der Waals surface area contributed by atoms with Crippen molar-refractivity contribution in [1.82, 2.24) is 9.80 Å². The molecule has 6 heteroatoms. The molecule has 138 valence electrons. The third-order valence-corrected chi connectivity index (χ3v) is 5.00. The SMILES string of the molecule is CCOc1ccc(C(C)N(C)C(=O)CN2CCC(C(N)=O)CC2)cc1. The van der Waals surface area contributed by atoms with Crippen LogP contribution in [0, 0.1) is 5.92 Å². The first-order valence-electron chi connectivity index (χ1n) is 8.92. The molecule has 1 atom stereocenters. The predicted octanol–water partition coefficient (Wildman–Crippen LogP) is 1.80. The van der Waals surface area contributed by atoms with E-state index in [4.69, 9.17) is 10.5 Å². The van der Waals surface area contributed by atoms with E-state index in [1.54, 1.807) is 4.90 Å². The Morgan fingerprint density at radius 3 is 2.40 bits per heavy atom. The van der Waals surface area contributed by atoms with Gasteiger partial charge in [-0.2, -0.15) is 0 Å². The maximum Gasteiger partial charge on any atom is 0.236 e. The molecular weight excluding hydrogens is 318 g/mol. The second-order valence-electron chi connectivity index (χ2n) is 6.64. The Morgan fingerprint density at radius 2 is 1.88 bits per heavy atom. The monoisotopic (exact) mass is 347 g/mol. The number of ether oxygens (including phenoxy) is 1. The fourth-order valence-electron chi connectivity index (χ4n) is 3.13. The number of carbonyl (C=O) groups excluding carboxylic acids is 2. The highest BCUT2D eigenvalue weighted by molar-refractivity contribution is 5.79. The zero-order valence-corrected chi connectivity index (χ0v) is 15.4. The highest BCUT2D eigenvalue weighted by Gasteiger charge is 2.26. The number of benzene rings is 1. The summed E-state index contributed by atoms with van der Waals surface area (Å²) in [5, 5.41) is 0. The third-order valence-electron chi connectivity index (χ3n) is 5.00. The molecule has 1 unspecified atom stereocenters. The van der Waals surface area contributed by atoms with E-state index in [1.165, 1.54) is 0 Å². The molecule has 1 saturated heterocycles. The highest BCUT2D eigenvalue weighted by Crippen LogP contribution is 2.23. The largest absolute Gasteiger partial charge is 0.494 e. The van der Waals surface area contributed by atoms with E-state index in [9.17, 15) is 9.59 Å². The molecule has 0 aliphatic carbocycles. The van der Waals surface area contributed by atoms with Crippen molar-refractivity contribution in [2.75, 3.05) is 33.3 Å². The maximum absolute atomic E-state index is 12.6. The Hall–Kier alpha value is -2.08. The lowest BCUT2D eigenvalue weighted by atomic mass is 9.96. The van der Waals surface area contributed by atoms with E-state index >= 15 is 0 Å². The molecule has 1 aromatic carbocycles. The minimum absolute atomic E-state index is 0.00802. The lowest BCUT2D eigenvalue weighted by Crippen LogP contribution is -2.44. The van der Waals surface area contributed by atoms with Gasteiger partial charge >= 0.3 is 0 Å². The number of nitrogens with zero attached hydrogens (tertiary/aromatic N) is 2. The number of nitrogens with two attached hydrogens (primary N) is 1. The van der Waals surface area contributed by atoms with Gasteiger partial charge in [0.25, 0.3) is 0 Å². The lowest BCUT2D eigenvalue weighted by Gasteiger charge is -2.32. The summed E-state index contributed by atoms with van der Waals surface area (Å²) >= 11 is 0. The number of piperidine rings is 1. The second kappa shape index (κ2) is 8.85. The molecule has 0 aromatic heterocycles. The van der Waals surface area contributed by atoms with Crippen LogP contribution in [0.2, 0.25) is 0 Å². The molecule has 1 heterocycles. The molecule has 25 heavy (non-hydrogen) atoms. The summed E-state index contributed by atoms with van der Waals surface area (Å²) in [4.78, 5) is 27.7. The van der Waals surface area contributed by atoms with Crippen LogP contribution in [0.15, 0.2) is 24.3 Å². The number of hydrogen-bond acceptors (Lipinski definition) is 4. The number of likely N-dealkylation sites (tertiary alicyclic amines) is 1. The zero-order valence-electron chi connectivity index (χ0n) is 15.4.